The van der Waals surface area contributed by atoms with Gasteiger partial charge in [0, 0.05) is 29.6 Å². The molecule has 0 unspecified atom stereocenters. The number of nitrogens with zero attached hydrogens (tertiary/aromatic N) is 3. The van der Waals surface area contributed by atoms with Gasteiger partial charge in [-0.15, -0.1) is 33.4 Å². The quantitative estimate of drug-likeness (QED) is 0.640. The number of thioether (sulfide) groups is 1. The molecule has 4 nitrogen and oxygen atoms in total. The Morgan fingerprint density at radius 2 is 2.06 bits per heavy atom. The molecule has 7 heteroatoms. The van der Waals surface area contributed by atoms with E-state index >= 15 is 0 Å². The SMILES string of the molecule is ClC1(Cl)C[C@@H]1CSc1nnc(-c2ccncc2)o1. The molecule has 94 valence electrons. The number of hydrogen-bond donors (Lipinski definition) is 0. The lowest BCUT2D eigenvalue weighted by atomic mass is 10.3. The van der Waals surface area contributed by atoms with Gasteiger partial charge in [0.25, 0.3) is 5.22 Å². The molecular weight excluding hydrogens is 293 g/mol. The van der Waals surface area contributed by atoms with Gasteiger partial charge in [0.15, 0.2) is 0 Å². The summed E-state index contributed by atoms with van der Waals surface area (Å²) in [5.41, 5.74) is 0.861. The second-order valence-corrected chi connectivity index (χ2v) is 6.60. The third-order valence-corrected chi connectivity index (χ3v) is 4.60. The summed E-state index contributed by atoms with van der Waals surface area (Å²) in [4.78, 5) is 3.94. The van der Waals surface area contributed by atoms with Gasteiger partial charge in [-0.2, -0.15) is 0 Å². The molecule has 2 heterocycles. The van der Waals surface area contributed by atoms with Crippen LogP contribution in [0.2, 0.25) is 0 Å². The lowest BCUT2D eigenvalue weighted by Crippen LogP contribution is -1.92. The fraction of sp³-hybridized carbons (Fsp3) is 0.364. The largest absolute Gasteiger partial charge is 0.411 e. The second-order valence-electron chi connectivity index (χ2n) is 4.08. The van der Waals surface area contributed by atoms with Gasteiger partial charge in [0.1, 0.15) is 4.33 Å². The van der Waals surface area contributed by atoms with Crippen molar-refractivity contribution in [2.45, 2.75) is 16.0 Å². The van der Waals surface area contributed by atoms with E-state index in [1.807, 2.05) is 12.1 Å². The van der Waals surface area contributed by atoms with Crippen molar-refractivity contribution in [1.82, 2.24) is 15.2 Å². The molecule has 1 atom stereocenters. The third-order valence-electron chi connectivity index (χ3n) is 2.70. The monoisotopic (exact) mass is 301 g/mol. The van der Waals surface area contributed by atoms with Crippen LogP contribution in [0, 0.1) is 5.92 Å². The molecule has 1 aliphatic rings. The Bertz CT molecular complexity index is 546. The van der Waals surface area contributed by atoms with Gasteiger partial charge in [-0.1, -0.05) is 11.8 Å². The van der Waals surface area contributed by atoms with Crippen LogP contribution in [-0.4, -0.2) is 25.3 Å². The van der Waals surface area contributed by atoms with E-state index in [9.17, 15) is 0 Å². The van der Waals surface area contributed by atoms with Crippen LogP contribution in [0.1, 0.15) is 6.42 Å². The summed E-state index contributed by atoms with van der Waals surface area (Å²) in [5, 5.41) is 8.51. The van der Waals surface area contributed by atoms with Gasteiger partial charge >= 0.3 is 0 Å². The highest BCUT2D eigenvalue weighted by molar-refractivity contribution is 7.99. The van der Waals surface area contributed by atoms with Crippen molar-refractivity contribution in [3.8, 4) is 11.5 Å². The number of rotatable bonds is 4. The van der Waals surface area contributed by atoms with Crippen molar-refractivity contribution in [2.75, 3.05) is 5.75 Å². The summed E-state index contributed by atoms with van der Waals surface area (Å²) < 4.78 is 4.99. The molecule has 2 aromatic rings. The zero-order valence-electron chi connectivity index (χ0n) is 9.22. The number of hydrogen-bond acceptors (Lipinski definition) is 5. The van der Waals surface area contributed by atoms with Crippen LogP contribution in [0.5, 0.6) is 0 Å². The van der Waals surface area contributed by atoms with Crippen molar-refractivity contribution in [3.63, 3.8) is 0 Å². The number of alkyl halides is 2. The third kappa shape index (κ3) is 2.63. The predicted octanol–water partition coefficient (Wildman–Crippen LogP) is 3.42. The van der Waals surface area contributed by atoms with Crippen molar-refractivity contribution in [3.05, 3.63) is 24.5 Å². The highest BCUT2D eigenvalue weighted by atomic mass is 35.5. The van der Waals surface area contributed by atoms with Gasteiger partial charge < -0.3 is 4.42 Å². The number of pyridine rings is 1. The predicted molar refractivity (Wildman–Crippen MR) is 70.8 cm³/mol. The molecule has 0 saturated heterocycles. The molecular formula is C11H9Cl2N3OS. The standard InChI is InChI=1S/C11H9Cl2N3OS/c12-11(13)5-8(11)6-18-10-16-15-9(17-10)7-1-3-14-4-2-7/h1-4,8H,5-6H2/t8-/m1/s1. The Morgan fingerprint density at radius 3 is 2.72 bits per heavy atom. The molecule has 0 bridgehead atoms. The van der Waals surface area contributed by atoms with Crippen molar-refractivity contribution in [1.29, 1.82) is 0 Å². The van der Waals surface area contributed by atoms with Crippen LogP contribution in [0.4, 0.5) is 0 Å². The molecule has 18 heavy (non-hydrogen) atoms. The molecule has 0 aliphatic heterocycles. The first kappa shape index (κ1) is 12.3. The van der Waals surface area contributed by atoms with Gasteiger partial charge in [0.05, 0.1) is 0 Å². The average Bonchev–Trinajstić information content (AvgIpc) is 2.79. The van der Waals surface area contributed by atoms with Gasteiger partial charge in [0.2, 0.25) is 5.89 Å². The second kappa shape index (κ2) is 4.72. The van der Waals surface area contributed by atoms with Crippen molar-refractivity contribution >= 4 is 35.0 Å². The Hall–Kier alpha value is -0.780. The van der Waals surface area contributed by atoms with Crippen LogP contribution in [0.15, 0.2) is 34.2 Å². The van der Waals surface area contributed by atoms with E-state index in [-0.39, 0.29) is 0 Å². The molecule has 1 aliphatic carbocycles. The van der Waals surface area contributed by atoms with Crippen LogP contribution in [-0.2, 0) is 0 Å². The lowest BCUT2D eigenvalue weighted by Gasteiger charge is -1.96. The first-order valence-electron chi connectivity index (χ1n) is 5.40. The minimum absolute atomic E-state index is 0.308. The maximum Gasteiger partial charge on any atom is 0.276 e. The molecule has 0 N–H and O–H groups in total. The van der Waals surface area contributed by atoms with E-state index in [0.29, 0.717) is 17.0 Å². The minimum Gasteiger partial charge on any atom is -0.411 e. The normalized spacial score (nSPS) is 20.9. The van der Waals surface area contributed by atoms with Crippen LogP contribution in [0.25, 0.3) is 11.5 Å². The number of halogens is 2. The van der Waals surface area contributed by atoms with E-state index in [2.05, 4.69) is 15.2 Å². The van der Waals surface area contributed by atoms with Gasteiger partial charge in [-0.3, -0.25) is 4.98 Å². The van der Waals surface area contributed by atoms with E-state index in [1.54, 1.807) is 12.4 Å². The highest BCUT2D eigenvalue weighted by Crippen LogP contribution is 2.54. The molecule has 0 spiro atoms. The Balaban J connectivity index is 1.64. The molecule has 3 rings (SSSR count). The van der Waals surface area contributed by atoms with Crippen LogP contribution >= 0.6 is 35.0 Å². The zero-order chi connectivity index (χ0) is 12.6. The van der Waals surface area contributed by atoms with E-state index < -0.39 is 4.33 Å². The molecule has 1 fully saturated rings. The fourth-order valence-electron chi connectivity index (χ4n) is 1.50. The molecule has 2 aromatic heterocycles. The highest BCUT2D eigenvalue weighted by Gasteiger charge is 2.51. The maximum atomic E-state index is 5.95. The molecule has 0 radical (unpaired) electrons. The van der Waals surface area contributed by atoms with Crippen LogP contribution < -0.4 is 0 Å². The van der Waals surface area contributed by atoms with E-state index in [4.69, 9.17) is 27.6 Å². The lowest BCUT2D eigenvalue weighted by molar-refractivity contribution is 0.465. The van der Waals surface area contributed by atoms with E-state index in [0.717, 1.165) is 17.7 Å². The summed E-state index contributed by atoms with van der Waals surface area (Å²) in [6, 6.07) is 3.65. The van der Waals surface area contributed by atoms with Gasteiger partial charge in [-0.25, -0.2) is 0 Å². The average molecular weight is 302 g/mol. The first-order valence-corrected chi connectivity index (χ1v) is 7.14. The molecule has 0 amide bonds. The van der Waals surface area contributed by atoms with Crippen molar-refractivity contribution in [2.24, 2.45) is 5.92 Å². The Morgan fingerprint density at radius 1 is 1.33 bits per heavy atom. The molecule has 1 saturated carbocycles. The van der Waals surface area contributed by atoms with E-state index in [1.165, 1.54) is 11.8 Å². The maximum absolute atomic E-state index is 5.95. The zero-order valence-corrected chi connectivity index (χ0v) is 11.5. The Labute approximate surface area is 118 Å². The minimum atomic E-state index is -0.555. The smallest absolute Gasteiger partial charge is 0.276 e. The van der Waals surface area contributed by atoms with Crippen molar-refractivity contribution < 1.29 is 4.42 Å². The van der Waals surface area contributed by atoms with Gasteiger partial charge in [-0.05, 0) is 18.6 Å². The molecule has 0 aromatic carbocycles. The summed E-state index contributed by atoms with van der Waals surface area (Å²) in [7, 11) is 0. The number of aromatic nitrogens is 3. The summed E-state index contributed by atoms with van der Waals surface area (Å²) in [5.74, 6) is 1.60. The topological polar surface area (TPSA) is 51.8 Å². The summed E-state index contributed by atoms with van der Waals surface area (Å²) in [6.45, 7) is 0. The summed E-state index contributed by atoms with van der Waals surface area (Å²) >= 11 is 13.4. The fourth-order valence-corrected chi connectivity index (χ4v) is 3.19. The van der Waals surface area contributed by atoms with Crippen LogP contribution in [0.3, 0.4) is 0 Å². The summed E-state index contributed by atoms with van der Waals surface area (Å²) in [6.07, 6.45) is 4.20. The Kier molecular flexibility index (Phi) is 3.21. The first-order chi connectivity index (χ1) is 8.65.